The van der Waals surface area contributed by atoms with Crippen LogP contribution < -0.4 is 5.32 Å². The summed E-state index contributed by atoms with van der Waals surface area (Å²) in [5, 5.41) is 13.5. The first-order valence-electron chi connectivity index (χ1n) is 7.40. The topological polar surface area (TPSA) is 92.9 Å². The Labute approximate surface area is 128 Å². The van der Waals surface area contributed by atoms with Gasteiger partial charge in [-0.3, -0.25) is 4.79 Å². The SMILES string of the molecule is Cc1ncncc1C(=O)N[C@@H]1CCC[C@@H](n2ccnc2)[C@@H]1O. The van der Waals surface area contributed by atoms with Crippen molar-refractivity contribution in [1.29, 1.82) is 0 Å². The second-order valence-corrected chi connectivity index (χ2v) is 5.60. The molecule has 0 bridgehead atoms. The second kappa shape index (κ2) is 6.23. The van der Waals surface area contributed by atoms with Gasteiger partial charge in [-0.15, -0.1) is 0 Å². The Hall–Kier alpha value is -2.28. The van der Waals surface area contributed by atoms with E-state index in [2.05, 4.69) is 20.3 Å². The van der Waals surface area contributed by atoms with Crippen LogP contribution >= 0.6 is 0 Å². The van der Waals surface area contributed by atoms with Gasteiger partial charge in [-0.05, 0) is 26.2 Å². The summed E-state index contributed by atoms with van der Waals surface area (Å²) in [4.78, 5) is 24.3. The first kappa shape index (κ1) is 14.6. The van der Waals surface area contributed by atoms with Crippen LogP contribution in [0.25, 0.3) is 0 Å². The minimum Gasteiger partial charge on any atom is -0.389 e. The highest BCUT2D eigenvalue weighted by molar-refractivity contribution is 5.95. The van der Waals surface area contributed by atoms with Crippen molar-refractivity contribution in [3.8, 4) is 0 Å². The van der Waals surface area contributed by atoms with Gasteiger partial charge in [0.05, 0.1) is 35.8 Å². The lowest BCUT2D eigenvalue weighted by Crippen LogP contribution is -2.49. The number of hydrogen-bond donors (Lipinski definition) is 2. The first-order valence-corrected chi connectivity index (χ1v) is 7.40. The van der Waals surface area contributed by atoms with Gasteiger partial charge in [-0.2, -0.15) is 0 Å². The number of imidazole rings is 1. The van der Waals surface area contributed by atoms with E-state index in [1.807, 2.05) is 10.8 Å². The number of aromatic nitrogens is 4. The molecule has 2 aromatic rings. The number of carbonyl (C=O) groups excluding carboxylic acids is 1. The van der Waals surface area contributed by atoms with Crippen LogP contribution in [0.2, 0.25) is 0 Å². The number of aliphatic hydroxyl groups is 1. The van der Waals surface area contributed by atoms with Gasteiger partial charge in [-0.25, -0.2) is 15.0 Å². The normalized spacial score (nSPS) is 24.9. The molecule has 7 heteroatoms. The predicted octanol–water partition coefficient (Wildman–Crippen LogP) is 0.866. The summed E-state index contributed by atoms with van der Waals surface area (Å²) in [5.41, 5.74) is 1.07. The molecule has 1 amide bonds. The minimum absolute atomic E-state index is 0.0605. The number of aryl methyl sites for hydroxylation is 1. The van der Waals surface area contributed by atoms with Crippen LogP contribution in [0.5, 0.6) is 0 Å². The molecular formula is C15H19N5O2. The maximum Gasteiger partial charge on any atom is 0.255 e. The van der Waals surface area contributed by atoms with Gasteiger partial charge in [0, 0.05) is 18.6 Å². The Kier molecular flexibility index (Phi) is 4.15. The molecule has 22 heavy (non-hydrogen) atoms. The molecule has 0 aliphatic heterocycles. The minimum atomic E-state index is -0.642. The summed E-state index contributed by atoms with van der Waals surface area (Å²) in [7, 11) is 0. The average Bonchev–Trinajstić information content (AvgIpc) is 3.04. The molecular weight excluding hydrogens is 282 g/mol. The molecule has 3 atom stereocenters. The van der Waals surface area contributed by atoms with Crippen LogP contribution in [-0.2, 0) is 0 Å². The van der Waals surface area contributed by atoms with Crippen molar-refractivity contribution in [3.05, 3.63) is 42.5 Å². The highest BCUT2D eigenvalue weighted by Gasteiger charge is 2.34. The van der Waals surface area contributed by atoms with Gasteiger partial charge in [0.15, 0.2) is 0 Å². The van der Waals surface area contributed by atoms with E-state index in [1.165, 1.54) is 12.5 Å². The maximum atomic E-state index is 12.4. The fourth-order valence-corrected chi connectivity index (χ4v) is 2.97. The molecule has 1 aliphatic carbocycles. The van der Waals surface area contributed by atoms with Gasteiger partial charge in [0.2, 0.25) is 0 Å². The molecule has 0 unspecified atom stereocenters. The van der Waals surface area contributed by atoms with Crippen LogP contribution in [0.1, 0.15) is 41.4 Å². The monoisotopic (exact) mass is 301 g/mol. The second-order valence-electron chi connectivity index (χ2n) is 5.60. The van der Waals surface area contributed by atoms with Crippen molar-refractivity contribution in [2.75, 3.05) is 0 Å². The van der Waals surface area contributed by atoms with Crippen molar-refractivity contribution < 1.29 is 9.90 Å². The molecule has 2 heterocycles. The lowest BCUT2D eigenvalue weighted by Gasteiger charge is -2.35. The number of hydrogen-bond acceptors (Lipinski definition) is 5. The highest BCUT2D eigenvalue weighted by atomic mass is 16.3. The number of nitrogens with one attached hydrogen (secondary N) is 1. The molecule has 0 radical (unpaired) electrons. The number of nitrogens with zero attached hydrogens (tertiary/aromatic N) is 4. The van der Waals surface area contributed by atoms with Crippen molar-refractivity contribution in [3.63, 3.8) is 0 Å². The summed E-state index contributed by atoms with van der Waals surface area (Å²) >= 11 is 0. The predicted molar refractivity (Wildman–Crippen MR) is 79.1 cm³/mol. The summed E-state index contributed by atoms with van der Waals surface area (Å²) in [6.07, 6.45) is 10.1. The van der Waals surface area contributed by atoms with E-state index < -0.39 is 6.10 Å². The van der Waals surface area contributed by atoms with Gasteiger partial charge < -0.3 is 15.0 Å². The molecule has 7 nitrogen and oxygen atoms in total. The molecule has 2 N–H and O–H groups in total. The van der Waals surface area contributed by atoms with E-state index in [0.717, 1.165) is 19.3 Å². The largest absolute Gasteiger partial charge is 0.389 e. The van der Waals surface area contributed by atoms with Crippen molar-refractivity contribution in [1.82, 2.24) is 24.8 Å². The number of aliphatic hydroxyl groups excluding tert-OH is 1. The van der Waals surface area contributed by atoms with Crippen LogP contribution in [0.15, 0.2) is 31.2 Å². The number of carbonyl (C=O) groups is 1. The van der Waals surface area contributed by atoms with Crippen LogP contribution in [0, 0.1) is 6.92 Å². The molecule has 0 aromatic carbocycles. The van der Waals surface area contributed by atoms with Crippen LogP contribution in [0.4, 0.5) is 0 Å². The molecule has 0 saturated heterocycles. The Morgan fingerprint density at radius 3 is 3.00 bits per heavy atom. The van der Waals surface area contributed by atoms with Crippen molar-refractivity contribution in [2.24, 2.45) is 0 Å². The molecule has 1 saturated carbocycles. The maximum absolute atomic E-state index is 12.4. The molecule has 1 fully saturated rings. The fourth-order valence-electron chi connectivity index (χ4n) is 2.97. The molecule has 116 valence electrons. The molecule has 1 aliphatic rings. The van der Waals surface area contributed by atoms with E-state index in [1.54, 1.807) is 19.4 Å². The van der Waals surface area contributed by atoms with Gasteiger partial charge >= 0.3 is 0 Å². The van der Waals surface area contributed by atoms with Gasteiger partial charge in [0.1, 0.15) is 6.33 Å². The zero-order valence-electron chi connectivity index (χ0n) is 12.4. The van der Waals surface area contributed by atoms with E-state index in [4.69, 9.17) is 0 Å². The molecule has 3 rings (SSSR count). The summed E-state index contributed by atoms with van der Waals surface area (Å²) in [6.45, 7) is 1.77. The smallest absolute Gasteiger partial charge is 0.255 e. The van der Waals surface area contributed by atoms with Gasteiger partial charge in [0.25, 0.3) is 5.91 Å². The molecule has 0 spiro atoms. The lowest BCUT2D eigenvalue weighted by molar-refractivity contribution is 0.0398. The zero-order valence-corrected chi connectivity index (χ0v) is 12.4. The first-order chi connectivity index (χ1) is 10.7. The summed E-state index contributed by atoms with van der Waals surface area (Å²) < 4.78 is 1.90. The highest BCUT2D eigenvalue weighted by Crippen LogP contribution is 2.29. The van der Waals surface area contributed by atoms with Gasteiger partial charge in [-0.1, -0.05) is 0 Å². The van der Waals surface area contributed by atoms with E-state index >= 15 is 0 Å². The number of rotatable bonds is 3. The fraction of sp³-hybridized carbons (Fsp3) is 0.467. The third-order valence-corrected chi connectivity index (χ3v) is 4.20. The Bertz CT molecular complexity index is 643. The van der Waals surface area contributed by atoms with Crippen molar-refractivity contribution >= 4 is 5.91 Å². The zero-order chi connectivity index (χ0) is 15.5. The van der Waals surface area contributed by atoms with E-state index in [9.17, 15) is 9.90 Å². The quantitative estimate of drug-likeness (QED) is 0.877. The van der Waals surface area contributed by atoms with E-state index in [0.29, 0.717) is 11.3 Å². The Balaban J connectivity index is 1.72. The molecule has 2 aromatic heterocycles. The Morgan fingerprint density at radius 1 is 1.41 bits per heavy atom. The summed E-state index contributed by atoms with van der Waals surface area (Å²) in [6, 6.07) is -0.345. The standard InChI is InChI=1S/C15H19N5O2/c1-10-11(7-17-8-18-10)15(22)19-12-3-2-4-13(14(12)21)20-6-5-16-9-20/h5-9,12-14,21H,2-4H2,1H3,(H,19,22)/t12-,13-,14-/m1/s1. The lowest BCUT2D eigenvalue weighted by atomic mass is 9.87. The van der Waals surface area contributed by atoms with Crippen molar-refractivity contribution in [2.45, 2.75) is 44.4 Å². The third-order valence-electron chi connectivity index (χ3n) is 4.20. The summed E-state index contributed by atoms with van der Waals surface area (Å²) in [5.74, 6) is -0.242. The van der Waals surface area contributed by atoms with Crippen LogP contribution in [0.3, 0.4) is 0 Å². The third kappa shape index (κ3) is 2.85. The Morgan fingerprint density at radius 2 is 2.27 bits per heavy atom. The van der Waals surface area contributed by atoms with Crippen LogP contribution in [-0.4, -0.2) is 42.7 Å². The van der Waals surface area contributed by atoms with E-state index in [-0.39, 0.29) is 18.0 Å². The number of amides is 1. The average molecular weight is 301 g/mol.